The Morgan fingerprint density at radius 3 is 2.52 bits per heavy atom. The van der Waals surface area contributed by atoms with Crippen molar-refractivity contribution in [1.29, 1.82) is 0 Å². The largest absolute Gasteiger partial charge is 0.496 e. The lowest BCUT2D eigenvalue weighted by molar-refractivity contribution is -0.140. The van der Waals surface area contributed by atoms with Crippen molar-refractivity contribution in [3.05, 3.63) is 71.2 Å². The first-order valence-electron chi connectivity index (χ1n) is 8.45. The summed E-state index contributed by atoms with van der Waals surface area (Å²) in [5, 5.41) is 12.1. The topological polar surface area (TPSA) is 76.5 Å². The van der Waals surface area contributed by atoms with E-state index < -0.39 is 11.9 Å². The van der Waals surface area contributed by atoms with Crippen molar-refractivity contribution in [1.82, 2.24) is 4.98 Å². The molecule has 0 aliphatic heterocycles. The lowest BCUT2D eigenvalue weighted by Gasteiger charge is -2.11. The molecule has 3 rings (SSSR count). The summed E-state index contributed by atoms with van der Waals surface area (Å²) >= 11 is 1.44. The quantitative estimate of drug-likeness (QED) is 0.633. The lowest BCUT2D eigenvalue weighted by Crippen LogP contribution is -2.17. The Hall–Kier alpha value is -2.99. The average molecular weight is 381 g/mol. The number of aromatic nitrogens is 1. The number of methoxy groups -OCH3 is 1. The molecule has 0 saturated heterocycles. The summed E-state index contributed by atoms with van der Waals surface area (Å²) in [6.07, 6.45) is 0.0587. The highest BCUT2D eigenvalue weighted by Gasteiger charge is 2.23. The van der Waals surface area contributed by atoms with Gasteiger partial charge in [0.05, 0.1) is 24.3 Å². The molecule has 1 unspecified atom stereocenters. The summed E-state index contributed by atoms with van der Waals surface area (Å²) in [6.45, 7) is 0. The van der Waals surface area contributed by atoms with Gasteiger partial charge in [0.15, 0.2) is 0 Å². The number of thiazole rings is 1. The van der Waals surface area contributed by atoms with Gasteiger partial charge in [-0.2, -0.15) is 0 Å². The highest BCUT2D eigenvalue weighted by Crippen LogP contribution is 2.32. The van der Waals surface area contributed by atoms with E-state index in [1.807, 2.05) is 35.7 Å². The summed E-state index contributed by atoms with van der Waals surface area (Å²) in [7, 11) is 1.60. The van der Waals surface area contributed by atoms with Gasteiger partial charge in [0.2, 0.25) is 0 Å². The first kappa shape index (κ1) is 18.8. The van der Waals surface area contributed by atoms with Gasteiger partial charge in [0.1, 0.15) is 16.5 Å². The fourth-order valence-electron chi connectivity index (χ4n) is 2.87. The number of ketones is 1. The van der Waals surface area contributed by atoms with Gasteiger partial charge in [-0.05, 0) is 17.7 Å². The van der Waals surface area contributed by atoms with Gasteiger partial charge in [-0.25, -0.2) is 4.98 Å². The molecule has 2 aromatic carbocycles. The number of carboxylic acid groups (broad SMARTS) is 1. The zero-order valence-corrected chi connectivity index (χ0v) is 15.6. The zero-order chi connectivity index (χ0) is 19.2. The standard InChI is InChI=1S/C21H19NO4S/c1-26-19-10-6-5-9-17(19)20-22-15(13-27-20)11-16(23)12-18(21(24)25)14-7-3-2-4-8-14/h2-10,13,18H,11-12H2,1H3,(H,24,25). The van der Waals surface area contributed by atoms with E-state index in [-0.39, 0.29) is 18.6 Å². The number of hydrogen-bond acceptors (Lipinski definition) is 5. The minimum Gasteiger partial charge on any atom is -0.496 e. The van der Waals surface area contributed by atoms with Gasteiger partial charge in [-0.15, -0.1) is 11.3 Å². The number of rotatable bonds is 8. The van der Waals surface area contributed by atoms with Gasteiger partial charge in [-0.1, -0.05) is 42.5 Å². The van der Waals surface area contributed by atoms with Crippen molar-refractivity contribution in [2.24, 2.45) is 0 Å². The third kappa shape index (κ3) is 4.60. The van der Waals surface area contributed by atoms with Crippen LogP contribution >= 0.6 is 11.3 Å². The van der Waals surface area contributed by atoms with Crippen LogP contribution in [0.5, 0.6) is 5.75 Å². The molecular formula is C21H19NO4S. The summed E-state index contributed by atoms with van der Waals surface area (Å²) < 4.78 is 5.35. The molecule has 0 spiro atoms. The van der Waals surface area contributed by atoms with E-state index in [0.717, 1.165) is 16.3 Å². The smallest absolute Gasteiger partial charge is 0.311 e. The van der Waals surface area contributed by atoms with Crippen molar-refractivity contribution < 1.29 is 19.4 Å². The lowest BCUT2D eigenvalue weighted by atomic mass is 9.93. The number of para-hydroxylation sites is 1. The highest BCUT2D eigenvalue weighted by molar-refractivity contribution is 7.13. The zero-order valence-electron chi connectivity index (χ0n) is 14.8. The first-order chi connectivity index (χ1) is 13.1. The third-order valence-corrected chi connectivity index (χ3v) is 5.12. The van der Waals surface area contributed by atoms with Gasteiger partial charge in [0.25, 0.3) is 0 Å². The minimum absolute atomic E-state index is 0.0547. The molecule has 0 amide bonds. The molecule has 1 N–H and O–H groups in total. The number of ether oxygens (including phenoxy) is 1. The van der Waals surface area contributed by atoms with Crippen LogP contribution in [0.4, 0.5) is 0 Å². The van der Waals surface area contributed by atoms with E-state index in [0.29, 0.717) is 11.3 Å². The molecule has 1 aromatic heterocycles. The van der Waals surface area contributed by atoms with E-state index in [4.69, 9.17) is 4.74 Å². The summed E-state index contributed by atoms with van der Waals surface area (Å²) in [5.41, 5.74) is 2.14. The predicted molar refractivity (Wildman–Crippen MR) is 104 cm³/mol. The summed E-state index contributed by atoms with van der Waals surface area (Å²) in [4.78, 5) is 28.5. The molecule has 138 valence electrons. The maximum Gasteiger partial charge on any atom is 0.311 e. The van der Waals surface area contributed by atoms with Crippen LogP contribution in [-0.4, -0.2) is 29.0 Å². The molecule has 3 aromatic rings. The molecule has 0 aliphatic rings. The Labute approximate surface area is 161 Å². The first-order valence-corrected chi connectivity index (χ1v) is 9.33. The van der Waals surface area contributed by atoms with E-state index in [9.17, 15) is 14.7 Å². The van der Waals surface area contributed by atoms with Crippen molar-refractivity contribution >= 4 is 23.1 Å². The molecule has 0 saturated carbocycles. The second-order valence-corrected chi connectivity index (χ2v) is 6.92. The molecule has 0 fully saturated rings. The molecular weight excluding hydrogens is 362 g/mol. The maximum atomic E-state index is 12.4. The van der Waals surface area contributed by atoms with E-state index in [2.05, 4.69) is 4.98 Å². The number of benzene rings is 2. The van der Waals surface area contributed by atoms with Crippen LogP contribution in [0, 0.1) is 0 Å². The van der Waals surface area contributed by atoms with Crippen LogP contribution in [0.25, 0.3) is 10.6 Å². The van der Waals surface area contributed by atoms with Crippen LogP contribution in [-0.2, 0) is 16.0 Å². The minimum atomic E-state index is -0.998. The van der Waals surface area contributed by atoms with Crippen molar-refractivity contribution in [2.75, 3.05) is 7.11 Å². The van der Waals surface area contributed by atoms with Crippen molar-refractivity contribution in [3.8, 4) is 16.3 Å². The number of aliphatic carboxylic acids is 1. The third-order valence-electron chi connectivity index (χ3n) is 4.20. The number of nitrogens with zero attached hydrogens (tertiary/aromatic N) is 1. The summed E-state index contributed by atoms with van der Waals surface area (Å²) in [5.74, 6) is -1.27. The Morgan fingerprint density at radius 1 is 1.11 bits per heavy atom. The molecule has 0 bridgehead atoms. The molecule has 0 aliphatic carbocycles. The number of carbonyl (C=O) groups is 2. The van der Waals surface area contributed by atoms with Crippen LogP contribution in [0.15, 0.2) is 60.0 Å². The highest BCUT2D eigenvalue weighted by atomic mass is 32.1. The molecule has 6 heteroatoms. The fourth-order valence-corrected chi connectivity index (χ4v) is 3.72. The van der Waals surface area contributed by atoms with E-state index in [1.165, 1.54) is 11.3 Å². The van der Waals surface area contributed by atoms with Crippen LogP contribution in [0.2, 0.25) is 0 Å². The normalized spacial score (nSPS) is 11.7. The Balaban J connectivity index is 1.71. The van der Waals surface area contributed by atoms with Crippen molar-refractivity contribution in [2.45, 2.75) is 18.8 Å². The average Bonchev–Trinajstić information content (AvgIpc) is 3.14. The molecule has 0 radical (unpaired) electrons. The monoisotopic (exact) mass is 381 g/mol. The molecule has 27 heavy (non-hydrogen) atoms. The Bertz CT molecular complexity index is 936. The maximum absolute atomic E-state index is 12.4. The van der Waals surface area contributed by atoms with E-state index in [1.54, 1.807) is 31.4 Å². The molecule has 5 nitrogen and oxygen atoms in total. The van der Waals surface area contributed by atoms with Gasteiger partial charge in [0, 0.05) is 18.2 Å². The number of Topliss-reactive ketones (excluding diaryl/α,β-unsaturated/α-hetero) is 1. The fraction of sp³-hybridized carbons (Fsp3) is 0.190. The van der Waals surface area contributed by atoms with Gasteiger partial charge >= 0.3 is 5.97 Å². The van der Waals surface area contributed by atoms with Crippen LogP contribution < -0.4 is 4.74 Å². The SMILES string of the molecule is COc1ccccc1-c1nc(CC(=O)CC(C(=O)O)c2ccccc2)cs1. The predicted octanol–water partition coefficient (Wildman–Crippen LogP) is 4.19. The Morgan fingerprint density at radius 2 is 1.81 bits per heavy atom. The van der Waals surface area contributed by atoms with Gasteiger partial charge < -0.3 is 9.84 Å². The Kier molecular flexibility index (Phi) is 5.98. The van der Waals surface area contributed by atoms with Crippen LogP contribution in [0.1, 0.15) is 23.6 Å². The number of hydrogen-bond donors (Lipinski definition) is 1. The summed E-state index contributed by atoms with van der Waals surface area (Å²) in [6, 6.07) is 16.4. The number of carboxylic acids is 1. The van der Waals surface area contributed by atoms with E-state index >= 15 is 0 Å². The second kappa shape index (κ2) is 8.60. The molecule has 1 atom stereocenters. The second-order valence-electron chi connectivity index (χ2n) is 6.07. The molecule has 1 heterocycles. The van der Waals surface area contributed by atoms with Crippen LogP contribution in [0.3, 0.4) is 0 Å². The number of carbonyl (C=O) groups excluding carboxylic acids is 1. The van der Waals surface area contributed by atoms with Crippen molar-refractivity contribution in [3.63, 3.8) is 0 Å². The van der Waals surface area contributed by atoms with Gasteiger partial charge in [-0.3, -0.25) is 9.59 Å².